The summed E-state index contributed by atoms with van der Waals surface area (Å²) >= 11 is 0. The molecule has 0 aliphatic carbocycles. The van der Waals surface area contributed by atoms with E-state index in [1.165, 1.54) is 0 Å². The molecule has 0 radical (unpaired) electrons. The fraction of sp³-hybridized carbons (Fsp3) is 0.318. The van der Waals surface area contributed by atoms with Crippen molar-refractivity contribution in [1.82, 2.24) is 15.1 Å². The third kappa shape index (κ3) is 4.49. The quantitative estimate of drug-likeness (QED) is 0.549. The summed E-state index contributed by atoms with van der Waals surface area (Å²) in [6.45, 7) is 3.02. The number of anilines is 1. The van der Waals surface area contributed by atoms with E-state index >= 15 is 0 Å². The van der Waals surface area contributed by atoms with E-state index in [9.17, 15) is 13.2 Å². The Morgan fingerprint density at radius 3 is 2.39 bits per heavy atom. The van der Waals surface area contributed by atoms with E-state index in [0.29, 0.717) is 56.5 Å². The van der Waals surface area contributed by atoms with Crippen molar-refractivity contribution < 1.29 is 27.1 Å². The molecule has 172 valence electrons. The van der Waals surface area contributed by atoms with Gasteiger partial charge in [-0.2, -0.15) is 0 Å². The number of benzene rings is 2. The van der Waals surface area contributed by atoms with Crippen LogP contribution >= 0.6 is 0 Å². The number of aromatic nitrogens is 2. The number of rotatable bonds is 5. The predicted octanol–water partition coefficient (Wildman–Crippen LogP) is 1.63. The molecule has 1 amide bonds. The van der Waals surface area contributed by atoms with Crippen molar-refractivity contribution in [2.45, 2.75) is 5.22 Å². The molecule has 0 saturated carbocycles. The Balaban J connectivity index is 1.23. The topological polar surface area (TPSA) is 115 Å². The highest BCUT2D eigenvalue weighted by Crippen LogP contribution is 2.34. The molecule has 1 aromatic heterocycles. The number of piperazine rings is 1. The lowest BCUT2D eigenvalue weighted by atomic mass is 10.2. The molecule has 0 atom stereocenters. The molecule has 0 unspecified atom stereocenters. The summed E-state index contributed by atoms with van der Waals surface area (Å²) in [7, 11) is -4.08. The van der Waals surface area contributed by atoms with Crippen LogP contribution in [0.3, 0.4) is 0 Å². The molecule has 2 aliphatic rings. The van der Waals surface area contributed by atoms with Crippen molar-refractivity contribution in [2.24, 2.45) is 0 Å². The minimum absolute atomic E-state index is 0.0227. The first-order valence-corrected chi connectivity index (χ1v) is 12.2. The maximum Gasteiger partial charge on any atom is 0.336 e. The van der Waals surface area contributed by atoms with Crippen molar-refractivity contribution in [3.05, 3.63) is 48.5 Å². The van der Waals surface area contributed by atoms with Crippen LogP contribution in [-0.4, -0.2) is 74.6 Å². The number of carbonyl (C=O) groups is 1. The average Bonchev–Trinajstić information content (AvgIpc) is 3.36. The molecule has 1 saturated heterocycles. The minimum atomic E-state index is -4.08. The standard InChI is InChI=1S/C22H22N4O6S/c27-20(26-10-8-25(9-11-26)17-4-2-1-3-5-17)15-33(28,29)22-24-23-21(32-22)16-6-7-18-19(14-16)31-13-12-30-18/h1-7,14H,8-13,15H2. The van der Waals surface area contributed by atoms with E-state index in [0.717, 1.165) is 5.69 Å². The second-order valence-electron chi connectivity index (χ2n) is 7.69. The molecule has 2 aliphatic heterocycles. The van der Waals surface area contributed by atoms with Crippen molar-refractivity contribution in [1.29, 1.82) is 0 Å². The van der Waals surface area contributed by atoms with Crippen molar-refractivity contribution >= 4 is 21.4 Å². The van der Waals surface area contributed by atoms with Crippen molar-refractivity contribution in [2.75, 3.05) is 50.0 Å². The van der Waals surface area contributed by atoms with Crippen LogP contribution in [0.15, 0.2) is 58.2 Å². The van der Waals surface area contributed by atoms with E-state index in [-0.39, 0.29) is 5.89 Å². The van der Waals surface area contributed by atoms with E-state index in [1.807, 2.05) is 30.3 Å². The van der Waals surface area contributed by atoms with E-state index in [2.05, 4.69) is 15.1 Å². The van der Waals surface area contributed by atoms with Gasteiger partial charge in [-0.25, -0.2) is 8.42 Å². The number of para-hydroxylation sites is 1. The van der Waals surface area contributed by atoms with Crippen LogP contribution < -0.4 is 14.4 Å². The third-order valence-electron chi connectivity index (χ3n) is 5.53. The van der Waals surface area contributed by atoms with Gasteiger partial charge in [0.25, 0.3) is 0 Å². The van der Waals surface area contributed by atoms with Crippen LogP contribution in [0.4, 0.5) is 5.69 Å². The Labute approximate surface area is 190 Å². The molecule has 0 spiro atoms. The Morgan fingerprint density at radius 1 is 0.909 bits per heavy atom. The van der Waals surface area contributed by atoms with Gasteiger partial charge in [0.05, 0.1) is 0 Å². The van der Waals surface area contributed by atoms with E-state index in [4.69, 9.17) is 13.9 Å². The normalized spacial score (nSPS) is 16.0. The van der Waals surface area contributed by atoms with Crippen LogP contribution in [0.5, 0.6) is 11.5 Å². The van der Waals surface area contributed by atoms with Crippen LogP contribution in [-0.2, 0) is 14.6 Å². The third-order valence-corrected chi connectivity index (χ3v) is 6.85. The van der Waals surface area contributed by atoms with Gasteiger partial charge in [0.1, 0.15) is 19.0 Å². The molecular formula is C22H22N4O6S. The summed E-state index contributed by atoms with van der Waals surface area (Å²) in [6, 6.07) is 14.9. The predicted molar refractivity (Wildman–Crippen MR) is 118 cm³/mol. The molecule has 33 heavy (non-hydrogen) atoms. The first-order chi connectivity index (χ1) is 16.0. The zero-order valence-corrected chi connectivity index (χ0v) is 18.5. The van der Waals surface area contributed by atoms with Gasteiger partial charge >= 0.3 is 5.22 Å². The molecule has 1 fully saturated rings. The van der Waals surface area contributed by atoms with Gasteiger partial charge in [-0.15, -0.1) is 5.10 Å². The number of hydrogen-bond donors (Lipinski definition) is 0. The first kappa shape index (κ1) is 21.3. The first-order valence-electron chi connectivity index (χ1n) is 10.5. The fourth-order valence-corrected chi connectivity index (χ4v) is 4.80. The summed E-state index contributed by atoms with van der Waals surface area (Å²) in [5, 5.41) is 6.93. The number of ether oxygens (including phenoxy) is 2. The lowest BCUT2D eigenvalue weighted by Gasteiger charge is -2.36. The highest BCUT2D eigenvalue weighted by atomic mass is 32.2. The molecule has 2 aromatic carbocycles. The number of sulfone groups is 1. The zero-order chi connectivity index (χ0) is 22.8. The van der Waals surface area contributed by atoms with Gasteiger partial charge in [-0.05, 0) is 30.3 Å². The molecule has 11 heteroatoms. The molecule has 3 aromatic rings. The van der Waals surface area contributed by atoms with Gasteiger partial charge in [0, 0.05) is 37.4 Å². The molecule has 10 nitrogen and oxygen atoms in total. The number of hydrogen-bond acceptors (Lipinski definition) is 9. The van der Waals surface area contributed by atoms with Crippen LogP contribution in [0, 0.1) is 0 Å². The smallest absolute Gasteiger partial charge is 0.336 e. The van der Waals surface area contributed by atoms with Gasteiger partial charge in [-0.3, -0.25) is 4.79 Å². The average molecular weight is 471 g/mol. The molecule has 3 heterocycles. The van der Waals surface area contributed by atoms with Crippen LogP contribution in [0.25, 0.3) is 11.5 Å². The number of carbonyl (C=O) groups excluding carboxylic acids is 1. The maximum atomic E-state index is 12.7. The Kier molecular flexibility index (Phi) is 5.63. The summed E-state index contributed by atoms with van der Waals surface area (Å²) in [6.07, 6.45) is 0. The van der Waals surface area contributed by atoms with Gasteiger partial charge in [0.2, 0.25) is 21.6 Å². The van der Waals surface area contributed by atoms with Gasteiger partial charge in [0.15, 0.2) is 11.5 Å². The Hall–Kier alpha value is -3.60. The zero-order valence-electron chi connectivity index (χ0n) is 17.7. The van der Waals surface area contributed by atoms with Crippen molar-refractivity contribution in [3.8, 4) is 23.0 Å². The SMILES string of the molecule is O=C(CS(=O)(=O)c1nnc(-c2ccc3c(c2)OCCO3)o1)N1CCN(c2ccccc2)CC1. The fourth-order valence-electron chi connectivity index (χ4n) is 3.80. The van der Waals surface area contributed by atoms with Crippen LogP contribution in [0.1, 0.15) is 0 Å². The largest absolute Gasteiger partial charge is 0.486 e. The lowest BCUT2D eigenvalue weighted by molar-refractivity contribution is -0.128. The lowest BCUT2D eigenvalue weighted by Crippen LogP contribution is -2.50. The number of amides is 1. The Bertz CT molecular complexity index is 1250. The van der Waals surface area contributed by atoms with Crippen LogP contribution in [0.2, 0.25) is 0 Å². The summed E-state index contributed by atoms with van der Waals surface area (Å²) in [5.74, 6) is -0.0704. The summed E-state index contributed by atoms with van der Waals surface area (Å²) < 4.78 is 41.9. The number of fused-ring (bicyclic) bond motifs is 1. The highest BCUT2D eigenvalue weighted by Gasteiger charge is 2.30. The highest BCUT2D eigenvalue weighted by molar-refractivity contribution is 7.91. The molecule has 0 N–H and O–H groups in total. The van der Waals surface area contributed by atoms with E-state index in [1.54, 1.807) is 23.1 Å². The summed E-state index contributed by atoms with van der Waals surface area (Å²) in [4.78, 5) is 16.4. The monoisotopic (exact) mass is 470 g/mol. The van der Waals surface area contributed by atoms with Gasteiger partial charge in [-0.1, -0.05) is 23.3 Å². The number of nitrogens with zero attached hydrogens (tertiary/aromatic N) is 4. The Morgan fingerprint density at radius 2 is 1.64 bits per heavy atom. The molecule has 0 bridgehead atoms. The van der Waals surface area contributed by atoms with E-state index < -0.39 is 26.7 Å². The minimum Gasteiger partial charge on any atom is -0.486 e. The molecule has 5 rings (SSSR count). The second kappa shape index (κ2) is 8.74. The second-order valence-corrected chi connectivity index (χ2v) is 9.56. The maximum absolute atomic E-state index is 12.7. The molecular weight excluding hydrogens is 448 g/mol. The summed E-state index contributed by atoms with van der Waals surface area (Å²) in [5.41, 5.74) is 1.58. The van der Waals surface area contributed by atoms with Crippen molar-refractivity contribution in [3.63, 3.8) is 0 Å². The van der Waals surface area contributed by atoms with Gasteiger partial charge < -0.3 is 23.7 Å².